The average Bonchev–Trinajstić information content (AvgIpc) is 3.19. The third kappa shape index (κ3) is 4.27. The van der Waals surface area contributed by atoms with E-state index in [0.717, 1.165) is 5.56 Å². The Kier molecular flexibility index (Phi) is 5.80. The number of aromatic nitrogens is 3. The molecule has 0 aliphatic carbocycles. The highest BCUT2D eigenvalue weighted by Crippen LogP contribution is 2.27. The number of rotatable bonds is 6. The zero-order chi connectivity index (χ0) is 22.7. The minimum absolute atomic E-state index is 0.0294. The summed E-state index contributed by atoms with van der Waals surface area (Å²) in [5, 5.41) is 10.1. The Bertz CT molecular complexity index is 1320. The molecule has 0 atom stereocenters. The second-order valence-electron chi connectivity index (χ2n) is 6.74. The van der Waals surface area contributed by atoms with Crippen molar-refractivity contribution in [3.05, 3.63) is 77.0 Å². The molecule has 0 bridgehead atoms. The highest BCUT2D eigenvalue weighted by atomic mass is 19.1. The fourth-order valence-corrected chi connectivity index (χ4v) is 3.09. The van der Waals surface area contributed by atoms with Gasteiger partial charge in [-0.3, -0.25) is 9.89 Å². The molecule has 0 fully saturated rings. The van der Waals surface area contributed by atoms with Gasteiger partial charge in [0, 0.05) is 17.5 Å². The van der Waals surface area contributed by atoms with Crippen molar-refractivity contribution in [2.75, 3.05) is 19.5 Å². The Balaban J connectivity index is 1.63. The first-order chi connectivity index (χ1) is 15.5. The smallest absolute Gasteiger partial charge is 0.261 e. The SMILES string of the molecule is COc1ccc(C(=O)Nc2cc3c(C=Cc4ccc(F)cc4)n[nH]c3cc2F)c(OC)n1. The summed E-state index contributed by atoms with van der Waals surface area (Å²) in [5.41, 5.74) is 1.86. The molecule has 9 heteroatoms. The summed E-state index contributed by atoms with van der Waals surface area (Å²) in [6.45, 7) is 0. The van der Waals surface area contributed by atoms with Gasteiger partial charge in [-0.2, -0.15) is 10.1 Å². The number of aromatic amines is 1. The first-order valence-corrected chi connectivity index (χ1v) is 9.50. The molecule has 4 aromatic rings. The number of carbonyl (C=O) groups excluding carboxylic acids is 1. The van der Waals surface area contributed by atoms with Gasteiger partial charge in [0.1, 0.15) is 17.2 Å². The van der Waals surface area contributed by atoms with Crippen LogP contribution >= 0.6 is 0 Å². The van der Waals surface area contributed by atoms with E-state index in [0.29, 0.717) is 16.6 Å². The van der Waals surface area contributed by atoms with Gasteiger partial charge in [0.2, 0.25) is 11.8 Å². The molecule has 0 unspecified atom stereocenters. The number of H-pyrrole nitrogens is 1. The fraction of sp³-hybridized carbons (Fsp3) is 0.0870. The highest BCUT2D eigenvalue weighted by Gasteiger charge is 2.18. The van der Waals surface area contributed by atoms with Crippen LogP contribution in [0, 0.1) is 11.6 Å². The molecule has 0 aliphatic rings. The number of hydrogen-bond acceptors (Lipinski definition) is 5. The van der Waals surface area contributed by atoms with Crippen LogP contribution in [-0.4, -0.2) is 35.3 Å². The monoisotopic (exact) mass is 436 g/mol. The third-order valence-corrected chi connectivity index (χ3v) is 4.71. The van der Waals surface area contributed by atoms with Crippen molar-refractivity contribution in [1.82, 2.24) is 15.2 Å². The van der Waals surface area contributed by atoms with Crippen LogP contribution in [-0.2, 0) is 0 Å². The number of nitrogens with zero attached hydrogens (tertiary/aromatic N) is 2. The van der Waals surface area contributed by atoms with E-state index in [1.165, 1.54) is 50.6 Å². The molecule has 162 valence electrons. The van der Waals surface area contributed by atoms with Crippen molar-refractivity contribution < 1.29 is 23.0 Å². The Hall–Kier alpha value is -4.27. The first-order valence-electron chi connectivity index (χ1n) is 9.50. The Labute approximate surface area is 181 Å². The van der Waals surface area contributed by atoms with E-state index < -0.39 is 11.7 Å². The summed E-state index contributed by atoms with van der Waals surface area (Å²) < 4.78 is 37.9. The molecule has 7 nitrogen and oxygen atoms in total. The molecular formula is C23H18F2N4O3. The molecule has 1 amide bonds. The summed E-state index contributed by atoms with van der Waals surface area (Å²) in [5.74, 6) is -1.23. The molecule has 0 saturated carbocycles. The van der Waals surface area contributed by atoms with E-state index in [1.807, 2.05) is 0 Å². The van der Waals surface area contributed by atoms with Gasteiger partial charge in [-0.15, -0.1) is 0 Å². The summed E-state index contributed by atoms with van der Waals surface area (Å²) in [6.07, 6.45) is 3.47. The summed E-state index contributed by atoms with van der Waals surface area (Å²) >= 11 is 0. The van der Waals surface area contributed by atoms with Gasteiger partial charge in [0.05, 0.1) is 31.1 Å². The number of methoxy groups -OCH3 is 2. The maximum atomic E-state index is 14.6. The number of carbonyl (C=O) groups is 1. The van der Waals surface area contributed by atoms with Gasteiger partial charge < -0.3 is 14.8 Å². The predicted molar refractivity (Wildman–Crippen MR) is 117 cm³/mol. The highest BCUT2D eigenvalue weighted by molar-refractivity contribution is 6.07. The molecule has 32 heavy (non-hydrogen) atoms. The van der Waals surface area contributed by atoms with E-state index in [1.54, 1.807) is 24.3 Å². The largest absolute Gasteiger partial charge is 0.481 e. The van der Waals surface area contributed by atoms with Crippen molar-refractivity contribution in [1.29, 1.82) is 0 Å². The number of amides is 1. The molecule has 2 aromatic carbocycles. The van der Waals surface area contributed by atoms with E-state index in [-0.39, 0.29) is 28.8 Å². The zero-order valence-corrected chi connectivity index (χ0v) is 17.1. The number of pyridine rings is 1. The van der Waals surface area contributed by atoms with Crippen LogP contribution < -0.4 is 14.8 Å². The minimum atomic E-state index is -0.635. The van der Waals surface area contributed by atoms with E-state index in [9.17, 15) is 13.6 Å². The number of nitrogens with one attached hydrogen (secondary N) is 2. The fourth-order valence-electron chi connectivity index (χ4n) is 3.09. The average molecular weight is 436 g/mol. The first kappa shape index (κ1) is 21.0. The van der Waals surface area contributed by atoms with Crippen molar-refractivity contribution in [2.45, 2.75) is 0 Å². The van der Waals surface area contributed by atoms with Gasteiger partial charge in [0.25, 0.3) is 5.91 Å². The van der Waals surface area contributed by atoms with Gasteiger partial charge in [0.15, 0.2) is 0 Å². The lowest BCUT2D eigenvalue weighted by Gasteiger charge is -2.10. The molecule has 0 radical (unpaired) electrons. The lowest BCUT2D eigenvalue weighted by Crippen LogP contribution is -2.15. The van der Waals surface area contributed by atoms with E-state index >= 15 is 0 Å². The zero-order valence-electron chi connectivity index (χ0n) is 17.1. The number of hydrogen-bond donors (Lipinski definition) is 2. The van der Waals surface area contributed by atoms with Crippen LogP contribution in [0.1, 0.15) is 21.6 Å². The maximum absolute atomic E-state index is 14.6. The summed E-state index contributed by atoms with van der Waals surface area (Å²) in [4.78, 5) is 16.8. The predicted octanol–water partition coefficient (Wildman–Crippen LogP) is 4.68. The van der Waals surface area contributed by atoms with Gasteiger partial charge in [-0.05, 0) is 35.9 Å². The van der Waals surface area contributed by atoms with Crippen LogP contribution in [0.15, 0.2) is 48.5 Å². The third-order valence-electron chi connectivity index (χ3n) is 4.71. The quantitative estimate of drug-likeness (QED) is 0.458. The summed E-state index contributed by atoms with van der Waals surface area (Å²) in [7, 11) is 2.82. The summed E-state index contributed by atoms with van der Waals surface area (Å²) in [6, 6.07) is 11.7. The topological polar surface area (TPSA) is 89.1 Å². The van der Waals surface area contributed by atoms with Gasteiger partial charge in [-0.1, -0.05) is 18.2 Å². The molecule has 4 rings (SSSR count). The molecule has 2 heterocycles. The number of anilines is 1. The number of fused-ring (bicyclic) bond motifs is 1. The minimum Gasteiger partial charge on any atom is -0.481 e. The van der Waals surface area contributed by atoms with Gasteiger partial charge >= 0.3 is 0 Å². The van der Waals surface area contributed by atoms with Crippen molar-refractivity contribution in [3.63, 3.8) is 0 Å². The number of benzene rings is 2. The standard InChI is InChI=1S/C23H18F2N4O3/c1-31-21-10-8-15(23(27-21)32-2)22(30)26-20-11-16-18(28-29-19(16)12-17(20)25)9-5-13-3-6-14(24)7-4-13/h3-12H,1-2H3,(H,26,30)(H,28,29). The molecule has 2 aromatic heterocycles. The van der Waals surface area contributed by atoms with Crippen LogP contribution in [0.25, 0.3) is 23.1 Å². The Morgan fingerprint density at radius 3 is 2.53 bits per heavy atom. The normalized spacial score (nSPS) is 11.1. The van der Waals surface area contributed by atoms with E-state index in [2.05, 4.69) is 20.5 Å². The van der Waals surface area contributed by atoms with Crippen LogP contribution in [0.2, 0.25) is 0 Å². The van der Waals surface area contributed by atoms with Crippen molar-refractivity contribution in [2.24, 2.45) is 0 Å². The maximum Gasteiger partial charge on any atom is 0.261 e. The molecule has 2 N–H and O–H groups in total. The van der Waals surface area contributed by atoms with Crippen molar-refractivity contribution >= 4 is 34.6 Å². The second-order valence-corrected chi connectivity index (χ2v) is 6.74. The Morgan fingerprint density at radius 2 is 1.81 bits per heavy atom. The Morgan fingerprint density at radius 1 is 1.03 bits per heavy atom. The number of halogens is 2. The van der Waals surface area contributed by atoms with Crippen molar-refractivity contribution in [3.8, 4) is 11.8 Å². The molecule has 0 saturated heterocycles. The number of ether oxygens (including phenoxy) is 2. The molecule has 0 aliphatic heterocycles. The van der Waals surface area contributed by atoms with Crippen LogP contribution in [0.5, 0.6) is 11.8 Å². The molecule has 0 spiro atoms. The second kappa shape index (κ2) is 8.84. The van der Waals surface area contributed by atoms with Crippen LogP contribution in [0.3, 0.4) is 0 Å². The van der Waals surface area contributed by atoms with Gasteiger partial charge in [-0.25, -0.2) is 8.78 Å². The van der Waals surface area contributed by atoms with E-state index in [4.69, 9.17) is 9.47 Å². The lowest BCUT2D eigenvalue weighted by atomic mass is 10.1. The molecular weight excluding hydrogens is 418 g/mol. The lowest BCUT2D eigenvalue weighted by molar-refractivity contribution is 0.102. The van der Waals surface area contributed by atoms with Crippen LogP contribution in [0.4, 0.5) is 14.5 Å².